The van der Waals surface area contributed by atoms with E-state index in [9.17, 15) is 0 Å². The van der Waals surface area contributed by atoms with E-state index in [0.717, 1.165) is 13.0 Å². The Bertz CT molecular complexity index is 469. The summed E-state index contributed by atoms with van der Waals surface area (Å²) >= 11 is 5.75. The van der Waals surface area contributed by atoms with Crippen LogP contribution in [0.15, 0.2) is 22.9 Å². The molecule has 2 aromatic rings. The van der Waals surface area contributed by atoms with Gasteiger partial charge in [0.1, 0.15) is 5.69 Å². The van der Waals surface area contributed by atoms with Crippen molar-refractivity contribution in [3.05, 3.63) is 29.2 Å². The summed E-state index contributed by atoms with van der Waals surface area (Å²) in [5.74, 6) is 1.04. The lowest BCUT2D eigenvalue weighted by Crippen LogP contribution is -2.13. The third-order valence-corrected chi connectivity index (χ3v) is 2.35. The molecule has 0 bridgehead atoms. The maximum atomic E-state index is 5.75. The smallest absolute Gasteiger partial charge is 0.240 e. The van der Waals surface area contributed by atoms with Crippen LogP contribution in [-0.4, -0.2) is 21.7 Å². The average Bonchev–Trinajstić information content (AvgIpc) is 2.79. The predicted molar refractivity (Wildman–Crippen MR) is 64.5 cm³/mol. The molecule has 90 valence electrons. The van der Waals surface area contributed by atoms with Gasteiger partial charge in [-0.1, -0.05) is 23.7 Å². The Balaban J connectivity index is 2.04. The zero-order chi connectivity index (χ0) is 12.1. The van der Waals surface area contributed by atoms with Gasteiger partial charge in [-0.25, -0.2) is 0 Å². The number of nitrogens with zero attached hydrogens (tertiary/aromatic N) is 3. The number of halogens is 1. The van der Waals surface area contributed by atoms with Gasteiger partial charge in [0.15, 0.2) is 0 Å². The fourth-order valence-corrected chi connectivity index (χ4v) is 1.42. The molecule has 0 aromatic carbocycles. The maximum absolute atomic E-state index is 5.75. The molecule has 0 amide bonds. The highest BCUT2D eigenvalue weighted by atomic mass is 35.5. The van der Waals surface area contributed by atoms with Crippen LogP contribution in [0.25, 0.3) is 11.5 Å². The first-order valence-electron chi connectivity index (χ1n) is 5.45. The summed E-state index contributed by atoms with van der Waals surface area (Å²) in [6.45, 7) is 3.61. The molecule has 2 rings (SSSR count). The van der Waals surface area contributed by atoms with Crippen LogP contribution in [0.4, 0.5) is 0 Å². The number of hydrogen-bond acceptors (Lipinski definition) is 5. The zero-order valence-corrected chi connectivity index (χ0v) is 10.2. The van der Waals surface area contributed by atoms with Crippen LogP contribution in [-0.2, 0) is 6.54 Å². The topological polar surface area (TPSA) is 63.8 Å². The predicted octanol–water partition coefficient (Wildman–Crippen LogP) is 2.28. The summed E-state index contributed by atoms with van der Waals surface area (Å²) in [6.07, 6.45) is 2.63. The van der Waals surface area contributed by atoms with Gasteiger partial charge >= 0.3 is 0 Å². The van der Waals surface area contributed by atoms with Crippen LogP contribution in [0, 0.1) is 0 Å². The lowest BCUT2D eigenvalue weighted by molar-refractivity contribution is 0.368. The Labute approximate surface area is 104 Å². The Morgan fingerprint density at radius 2 is 2.29 bits per heavy atom. The van der Waals surface area contributed by atoms with E-state index in [0.29, 0.717) is 29.0 Å². The normalized spacial score (nSPS) is 10.7. The highest BCUT2D eigenvalue weighted by Crippen LogP contribution is 2.15. The van der Waals surface area contributed by atoms with E-state index in [4.69, 9.17) is 16.1 Å². The molecule has 0 spiro atoms. The van der Waals surface area contributed by atoms with Crippen LogP contribution in [0.3, 0.4) is 0 Å². The molecule has 0 saturated heterocycles. The van der Waals surface area contributed by atoms with Crippen LogP contribution in [0.1, 0.15) is 19.2 Å². The standard InChI is InChI=1S/C11H13ClN4O/c1-2-5-13-7-10-15-11(16-17-10)9-4-3-8(12)6-14-9/h3-4,6,13H,2,5,7H2,1H3. The van der Waals surface area contributed by atoms with Crippen LogP contribution >= 0.6 is 11.6 Å². The second-order valence-electron chi connectivity index (χ2n) is 3.55. The average molecular weight is 253 g/mol. The summed E-state index contributed by atoms with van der Waals surface area (Å²) < 4.78 is 5.10. The van der Waals surface area contributed by atoms with Gasteiger partial charge < -0.3 is 9.84 Å². The molecule has 6 heteroatoms. The molecule has 2 aromatic heterocycles. The Morgan fingerprint density at radius 3 is 3.00 bits per heavy atom. The van der Waals surface area contributed by atoms with E-state index in [1.165, 1.54) is 0 Å². The molecule has 2 heterocycles. The highest BCUT2D eigenvalue weighted by molar-refractivity contribution is 6.30. The van der Waals surface area contributed by atoms with E-state index in [1.807, 2.05) is 0 Å². The third-order valence-electron chi connectivity index (χ3n) is 2.13. The first kappa shape index (κ1) is 12.0. The van der Waals surface area contributed by atoms with Crippen molar-refractivity contribution in [3.8, 4) is 11.5 Å². The van der Waals surface area contributed by atoms with Crippen LogP contribution in [0.5, 0.6) is 0 Å². The molecule has 0 aliphatic heterocycles. The molecule has 0 atom stereocenters. The number of hydrogen-bond donors (Lipinski definition) is 1. The van der Waals surface area contributed by atoms with E-state index in [-0.39, 0.29) is 0 Å². The van der Waals surface area contributed by atoms with Gasteiger partial charge in [0.2, 0.25) is 11.7 Å². The molecule has 0 aliphatic carbocycles. The van der Waals surface area contributed by atoms with E-state index in [2.05, 4.69) is 27.4 Å². The fraction of sp³-hybridized carbons (Fsp3) is 0.364. The number of rotatable bonds is 5. The molecular weight excluding hydrogens is 240 g/mol. The van der Waals surface area contributed by atoms with Gasteiger partial charge in [-0.15, -0.1) is 0 Å². The number of pyridine rings is 1. The van der Waals surface area contributed by atoms with E-state index >= 15 is 0 Å². The molecule has 0 saturated carbocycles. The van der Waals surface area contributed by atoms with Gasteiger partial charge in [-0.05, 0) is 25.1 Å². The molecule has 5 nitrogen and oxygen atoms in total. The fourth-order valence-electron chi connectivity index (χ4n) is 1.31. The molecular formula is C11H13ClN4O. The Morgan fingerprint density at radius 1 is 1.41 bits per heavy atom. The second-order valence-corrected chi connectivity index (χ2v) is 3.99. The minimum Gasteiger partial charge on any atom is -0.337 e. The first-order chi connectivity index (χ1) is 8.29. The Hall–Kier alpha value is -1.46. The Kier molecular flexibility index (Phi) is 4.06. The van der Waals surface area contributed by atoms with Crippen molar-refractivity contribution >= 4 is 11.6 Å². The summed E-state index contributed by atoms with van der Waals surface area (Å²) in [6, 6.07) is 3.51. The van der Waals surface area contributed by atoms with Crippen molar-refractivity contribution in [3.63, 3.8) is 0 Å². The largest absolute Gasteiger partial charge is 0.337 e. The first-order valence-corrected chi connectivity index (χ1v) is 5.82. The summed E-state index contributed by atoms with van der Waals surface area (Å²) in [5, 5.41) is 7.64. The molecule has 0 aliphatic rings. The summed E-state index contributed by atoms with van der Waals surface area (Å²) in [4.78, 5) is 8.36. The second kappa shape index (κ2) is 5.75. The van der Waals surface area contributed by atoms with Crippen molar-refractivity contribution in [2.75, 3.05) is 6.54 Å². The molecule has 0 radical (unpaired) electrons. The van der Waals surface area contributed by atoms with Crippen LogP contribution in [0.2, 0.25) is 5.02 Å². The lowest BCUT2D eigenvalue weighted by Gasteiger charge is -1.95. The van der Waals surface area contributed by atoms with Gasteiger partial charge in [-0.3, -0.25) is 4.98 Å². The van der Waals surface area contributed by atoms with Crippen molar-refractivity contribution < 1.29 is 4.52 Å². The molecule has 1 N–H and O–H groups in total. The van der Waals surface area contributed by atoms with Crippen molar-refractivity contribution in [2.24, 2.45) is 0 Å². The zero-order valence-electron chi connectivity index (χ0n) is 9.48. The van der Waals surface area contributed by atoms with E-state index < -0.39 is 0 Å². The minimum atomic E-state index is 0.481. The van der Waals surface area contributed by atoms with Gasteiger partial charge in [0, 0.05) is 6.20 Å². The highest BCUT2D eigenvalue weighted by Gasteiger charge is 2.08. The monoisotopic (exact) mass is 252 g/mol. The lowest BCUT2D eigenvalue weighted by atomic mass is 10.3. The maximum Gasteiger partial charge on any atom is 0.240 e. The summed E-state index contributed by atoms with van der Waals surface area (Å²) in [5.41, 5.74) is 0.653. The number of aromatic nitrogens is 3. The van der Waals surface area contributed by atoms with Crippen molar-refractivity contribution in [1.29, 1.82) is 0 Å². The third kappa shape index (κ3) is 3.25. The van der Waals surface area contributed by atoms with Crippen molar-refractivity contribution in [2.45, 2.75) is 19.9 Å². The van der Waals surface area contributed by atoms with Crippen LogP contribution < -0.4 is 5.32 Å². The number of nitrogens with one attached hydrogen (secondary N) is 1. The quantitative estimate of drug-likeness (QED) is 0.827. The molecule has 0 unspecified atom stereocenters. The molecule has 17 heavy (non-hydrogen) atoms. The minimum absolute atomic E-state index is 0.481. The summed E-state index contributed by atoms with van der Waals surface area (Å²) in [7, 11) is 0. The SMILES string of the molecule is CCCNCc1nc(-c2ccc(Cl)cn2)no1. The van der Waals surface area contributed by atoms with Gasteiger partial charge in [0.25, 0.3) is 0 Å². The molecule has 0 fully saturated rings. The van der Waals surface area contributed by atoms with E-state index in [1.54, 1.807) is 18.3 Å². The van der Waals surface area contributed by atoms with Gasteiger partial charge in [0.05, 0.1) is 11.6 Å². The van der Waals surface area contributed by atoms with Crippen molar-refractivity contribution in [1.82, 2.24) is 20.4 Å². The van der Waals surface area contributed by atoms with Gasteiger partial charge in [-0.2, -0.15) is 4.98 Å².